The van der Waals surface area contributed by atoms with E-state index in [1.807, 2.05) is 11.0 Å². The van der Waals surface area contributed by atoms with Crippen molar-refractivity contribution in [2.24, 2.45) is 0 Å². The normalized spacial score (nSPS) is 20.6. The highest BCUT2D eigenvalue weighted by Crippen LogP contribution is 2.26. The van der Waals surface area contributed by atoms with Crippen molar-refractivity contribution in [2.75, 3.05) is 39.3 Å². The standard InChI is InChI=1S/C23H29N5O2/c29-22(27-13-11-26(12-14-27)20-3-1-4-20)17-25-10-7-18-15-21(6-5-19(18)16-25)28-9-2-8-24-23(28)30/h2,5-6,8-9,15,20H,1,3-4,7,10-14,16-17H2. The maximum Gasteiger partial charge on any atom is 0.352 e. The first-order chi connectivity index (χ1) is 14.7. The van der Waals surface area contributed by atoms with E-state index in [0.29, 0.717) is 6.54 Å². The maximum atomic E-state index is 12.8. The highest BCUT2D eigenvalue weighted by Gasteiger charge is 2.30. The highest BCUT2D eigenvalue weighted by molar-refractivity contribution is 5.78. The summed E-state index contributed by atoms with van der Waals surface area (Å²) < 4.78 is 1.57. The average molecular weight is 408 g/mol. The molecule has 1 aromatic carbocycles. The lowest BCUT2D eigenvalue weighted by molar-refractivity contribution is -0.135. The topological polar surface area (TPSA) is 61.7 Å². The van der Waals surface area contributed by atoms with Crippen LogP contribution < -0.4 is 5.69 Å². The minimum absolute atomic E-state index is 0.255. The van der Waals surface area contributed by atoms with Crippen molar-refractivity contribution >= 4 is 5.91 Å². The zero-order chi connectivity index (χ0) is 20.5. The summed E-state index contributed by atoms with van der Waals surface area (Å²) in [4.78, 5) is 35.5. The van der Waals surface area contributed by atoms with E-state index in [0.717, 1.165) is 57.4 Å². The third-order valence-corrected chi connectivity index (χ3v) is 6.89. The molecule has 1 amide bonds. The van der Waals surface area contributed by atoms with Crippen LogP contribution >= 0.6 is 0 Å². The summed E-state index contributed by atoms with van der Waals surface area (Å²) in [6, 6.07) is 8.66. The zero-order valence-corrected chi connectivity index (χ0v) is 17.4. The number of piperazine rings is 1. The van der Waals surface area contributed by atoms with Crippen LogP contribution in [0.15, 0.2) is 41.5 Å². The fourth-order valence-electron chi connectivity index (χ4n) is 4.82. The third-order valence-electron chi connectivity index (χ3n) is 6.89. The Balaban J connectivity index is 1.18. The number of benzene rings is 1. The summed E-state index contributed by atoms with van der Waals surface area (Å²) in [5.41, 5.74) is 3.07. The van der Waals surface area contributed by atoms with Gasteiger partial charge in [0.25, 0.3) is 0 Å². The lowest BCUT2D eigenvalue weighted by Gasteiger charge is -2.43. The van der Waals surface area contributed by atoms with E-state index in [1.165, 1.54) is 36.6 Å². The van der Waals surface area contributed by atoms with Crippen LogP contribution in [0.25, 0.3) is 5.69 Å². The van der Waals surface area contributed by atoms with Crippen LogP contribution in [-0.4, -0.2) is 75.5 Å². The fraction of sp³-hybridized carbons (Fsp3) is 0.522. The summed E-state index contributed by atoms with van der Waals surface area (Å²) >= 11 is 0. The predicted octanol–water partition coefficient (Wildman–Crippen LogP) is 1.29. The summed E-state index contributed by atoms with van der Waals surface area (Å²) in [5, 5.41) is 0. The van der Waals surface area contributed by atoms with Crippen LogP contribution in [0.2, 0.25) is 0 Å². The van der Waals surface area contributed by atoms with Gasteiger partial charge in [0.1, 0.15) is 0 Å². The number of nitrogens with zero attached hydrogens (tertiary/aromatic N) is 5. The number of rotatable bonds is 4. The highest BCUT2D eigenvalue weighted by atomic mass is 16.2. The zero-order valence-electron chi connectivity index (χ0n) is 17.4. The Labute approximate surface area is 176 Å². The van der Waals surface area contributed by atoms with E-state index in [-0.39, 0.29) is 11.6 Å². The van der Waals surface area contributed by atoms with Crippen LogP contribution in [0.3, 0.4) is 0 Å². The molecule has 7 heteroatoms. The molecule has 3 heterocycles. The van der Waals surface area contributed by atoms with Gasteiger partial charge < -0.3 is 4.90 Å². The molecular formula is C23H29N5O2. The van der Waals surface area contributed by atoms with Gasteiger partial charge in [-0.3, -0.25) is 19.2 Å². The Morgan fingerprint density at radius 2 is 1.90 bits per heavy atom. The smallest absolute Gasteiger partial charge is 0.339 e. The van der Waals surface area contributed by atoms with E-state index in [1.54, 1.807) is 16.8 Å². The molecule has 7 nitrogen and oxygen atoms in total. The lowest BCUT2D eigenvalue weighted by Crippen LogP contribution is -2.55. The third kappa shape index (κ3) is 3.91. The molecule has 1 aliphatic carbocycles. The number of carbonyl (C=O) groups excluding carboxylic acids is 1. The second-order valence-electron chi connectivity index (χ2n) is 8.69. The second kappa shape index (κ2) is 8.32. The van der Waals surface area contributed by atoms with Gasteiger partial charge in [-0.05, 0) is 48.6 Å². The molecule has 0 unspecified atom stereocenters. The van der Waals surface area contributed by atoms with Crippen molar-refractivity contribution in [3.05, 3.63) is 58.3 Å². The van der Waals surface area contributed by atoms with Gasteiger partial charge in [0.2, 0.25) is 5.91 Å². The van der Waals surface area contributed by atoms with E-state index in [9.17, 15) is 9.59 Å². The molecule has 2 fully saturated rings. The number of carbonyl (C=O) groups is 1. The quantitative estimate of drug-likeness (QED) is 0.764. The van der Waals surface area contributed by atoms with E-state index < -0.39 is 0 Å². The van der Waals surface area contributed by atoms with Crippen LogP contribution in [0.4, 0.5) is 0 Å². The molecule has 0 N–H and O–H groups in total. The molecular weight excluding hydrogens is 378 g/mol. The number of hydrogen-bond acceptors (Lipinski definition) is 5. The van der Waals surface area contributed by atoms with Gasteiger partial charge >= 0.3 is 5.69 Å². The van der Waals surface area contributed by atoms with Gasteiger partial charge in [0.05, 0.1) is 12.2 Å². The number of hydrogen-bond donors (Lipinski definition) is 0. The van der Waals surface area contributed by atoms with Crippen molar-refractivity contribution in [3.63, 3.8) is 0 Å². The summed E-state index contributed by atoms with van der Waals surface area (Å²) in [5.74, 6) is 0.255. The first kappa shape index (κ1) is 19.5. The lowest BCUT2D eigenvalue weighted by atomic mass is 9.91. The first-order valence-corrected chi connectivity index (χ1v) is 11.1. The van der Waals surface area contributed by atoms with Crippen LogP contribution in [0.1, 0.15) is 30.4 Å². The van der Waals surface area contributed by atoms with Gasteiger partial charge in [0, 0.05) is 57.7 Å². The molecule has 30 heavy (non-hydrogen) atoms. The van der Waals surface area contributed by atoms with Crippen molar-refractivity contribution < 1.29 is 4.79 Å². The SMILES string of the molecule is O=C(CN1CCc2cc(-n3cccnc3=O)ccc2C1)N1CCN(C2CCC2)CC1. The molecule has 0 spiro atoms. The summed E-state index contributed by atoms with van der Waals surface area (Å²) in [6.07, 6.45) is 8.17. The molecule has 158 valence electrons. The monoisotopic (exact) mass is 407 g/mol. The molecule has 1 saturated carbocycles. The van der Waals surface area contributed by atoms with Crippen molar-refractivity contribution in [1.29, 1.82) is 0 Å². The molecule has 1 aromatic heterocycles. The molecule has 2 aromatic rings. The van der Waals surface area contributed by atoms with E-state index >= 15 is 0 Å². The molecule has 0 radical (unpaired) electrons. The van der Waals surface area contributed by atoms with Gasteiger partial charge in [-0.2, -0.15) is 0 Å². The van der Waals surface area contributed by atoms with Crippen molar-refractivity contribution in [3.8, 4) is 5.69 Å². The largest absolute Gasteiger partial charge is 0.352 e. The first-order valence-electron chi connectivity index (χ1n) is 11.1. The van der Waals surface area contributed by atoms with Gasteiger partial charge in [0.15, 0.2) is 0 Å². The number of fused-ring (bicyclic) bond motifs is 1. The molecule has 5 rings (SSSR count). The van der Waals surface area contributed by atoms with Crippen LogP contribution in [0.5, 0.6) is 0 Å². The Hall–Kier alpha value is -2.51. The second-order valence-corrected chi connectivity index (χ2v) is 8.69. The molecule has 0 bridgehead atoms. The number of aromatic nitrogens is 2. The minimum Gasteiger partial charge on any atom is -0.339 e. The summed E-state index contributed by atoms with van der Waals surface area (Å²) in [6.45, 7) is 5.92. The maximum absolute atomic E-state index is 12.8. The minimum atomic E-state index is -0.266. The number of amides is 1. The Bertz CT molecular complexity index is 976. The van der Waals surface area contributed by atoms with Crippen molar-refractivity contribution in [2.45, 2.75) is 38.3 Å². The van der Waals surface area contributed by atoms with E-state index in [4.69, 9.17) is 0 Å². The van der Waals surface area contributed by atoms with Crippen LogP contribution in [-0.2, 0) is 17.8 Å². The molecule has 0 atom stereocenters. The Kier molecular flexibility index (Phi) is 5.39. The summed E-state index contributed by atoms with van der Waals surface area (Å²) in [7, 11) is 0. The van der Waals surface area contributed by atoms with Crippen molar-refractivity contribution in [1.82, 2.24) is 24.3 Å². The predicted molar refractivity (Wildman–Crippen MR) is 115 cm³/mol. The molecule has 1 saturated heterocycles. The fourth-order valence-corrected chi connectivity index (χ4v) is 4.82. The Morgan fingerprint density at radius 1 is 1.07 bits per heavy atom. The van der Waals surface area contributed by atoms with Gasteiger partial charge in [-0.15, -0.1) is 0 Å². The van der Waals surface area contributed by atoms with Crippen LogP contribution in [0, 0.1) is 0 Å². The molecule has 2 aliphatic heterocycles. The van der Waals surface area contributed by atoms with Gasteiger partial charge in [-0.25, -0.2) is 9.78 Å². The average Bonchev–Trinajstić information content (AvgIpc) is 2.73. The van der Waals surface area contributed by atoms with E-state index in [2.05, 4.69) is 26.9 Å². The Morgan fingerprint density at radius 3 is 2.63 bits per heavy atom. The van der Waals surface area contributed by atoms with Gasteiger partial charge in [-0.1, -0.05) is 12.5 Å². The molecule has 3 aliphatic rings.